The standard InChI is InChI=1S/C32H37FN4O6/c1-7-10-20-19-37(31(39)43-32(3,4)5)30(38)25-26(20)36-27(28(25)35-23-12-9-11-22(33)29(23)40-6)21-13-14-34-18-24(21)42-17-16-41-15-8-2/h7-9,11-14,18,20,35-36H,1-2,10,15-17,19H2,3-6H3. The van der Waals surface area contributed by atoms with Crippen LogP contribution >= 0.6 is 0 Å². The maximum absolute atomic E-state index is 14.7. The number of carbonyl (C=O) groups excluding carboxylic acids is 2. The maximum Gasteiger partial charge on any atom is 0.417 e. The summed E-state index contributed by atoms with van der Waals surface area (Å²) in [7, 11) is 1.36. The number of para-hydroxylation sites is 1. The third kappa shape index (κ3) is 7.06. The van der Waals surface area contributed by atoms with Gasteiger partial charge in [-0.1, -0.05) is 18.2 Å². The number of rotatable bonds is 12. The van der Waals surface area contributed by atoms with Gasteiger partial charge in [-0.3, -0.25) is 9.78 Å². The minimum atomic E-state index is -0.816. The van der Waals surface area contributed by atoms with E-state index < -0.39 is 23.4 Å². The fraction of sp³-hybridized carbons (Fsp3) is 0.344. The molecule has 0 aliphatic carbocycles. The van der Waals surface area contributed by atoms with Crippen LogP contribution in [0.25, 0.3) is 11.3 Å². The van der Waals surface area contributed by atoms with E-state index in [1.165, 1.54) is 19.2 Å². The second kappa shape index (κ2) is 13.6. The Morgan fingerprint density at radius 1 is 1.23 bits per heavy atom. The molecule has 11 heteroatoms. The monoisotopic (exact) mass is 592 g/mol. The zero-order chi connectivity index (χ0) is 31.1. The Hall–Kier alpha value is -4.64. The van der Waals surface area contributed by atoms with Gasteiger partial charge in [0.1, 0.15) is 18.0 Å². The topological polar surface area (TPSA) is 115 Å². The van der Waals surface area contributed by atoms with Crippen LogP contribution in [0.4, 0.5) is 20.6 Å². The highest BCUT2D eigenvalue weighted by Crippen LogP contribution is 2.45. The summed E-state index contributed by atoms with van der Waals surface area (Å²) in [5.74, 6) is -1.09. The lowest BCUT2D eigenvalue weighted by Gasteiger charge is -2.32. The molecular formula is C32H37FN4O6. The molecule has 4 rings (SSSR count). The molecule has 0 saturated carbocycles. The summed E-state index contributed by atoms with van der Waals surface area (Å²) in [5.41, 5.74) is 1.64. The Morgan fingerprint density at radius 3 is 2.72 bits per heavy atom. The number of ether oxygens (including phenoxy) is 4. The molecular weight excluding hydrogens is 555 g/mol. The number of carbonyl (C=O) groups is 2. The van der Waals surface area contributed by atoms with Crippen LogP contribution in [0.3, 0.4) is 0 Å². The molecule has 3 heterocycles. The van der Waals surface area contributed by atoms with Gasteiger partial charge in [-0.2, -0.15) is 0 Å². The molecule has 3 aromatic rings. The molecule has 0 bridgehead atoms. The van der Waals surface area contributed by atoms with Gasteiger partial charge >= 0.3 is 6.09 Å². The van der Waals surface area contributed by atoms with Gasteiger partial charge < -0.3 is 29.2 Å². The number of halogens is 1. The maximum atomic E-state index is 14.7. The van der Waals surface area contributed by atoms with Gasteiger partial charge in [0, 0.05) is 29.9 Å². The Labute approximate surface area is 250 Å². The smallest absolute Gasteiger partial charge is 0.417 e. The second-order valence-corrected chi connectivity index (χ2v) is 10.8. The molecule has 10 nitrogen and oxygen atoms in total. The average molecular weight is 593 g/mol. The van der Waals surface area contributed by atoms with Crippen molar-refractivity contribution in [1.29, 1.82) is 0 Å². The van der Waals surface area contributed by atoms with Gasteiger partial charge in [-0.15, -0.1) is 13.2 Å². The van der Waals surface area contributed by atoms with Crippen molar-refractivity contribution in [2.75, 3.05) is 38.8 Å². The summed E-state index contributed by atoms with van der Waals surface area (Å²) >= 11 is 0. The van der Waals surface area contributed by atoms with E-state index in [2.05, 4.69) is 28.4 Å². The van der Waals surface area contributed by atoms with Crippen LogP contribution in [-0.2, 0) is 9.47 Å². The lowest BCUT2D eigenvalue weighted by atomic mass is 9.92. The first kappa shape index (κ1) is 31.3. The van der Waals surface area contributed by atoms with Gasteiger partial charge in [0.2, 0.25) is 0 Å². The molecule has 1 aromatic carbocycles. The van der Waals surface area contributed by atoms with Crippen LogP contribution in [0.1, 0.15) is 49.2 Å². The van der Waals surface area contributed by atoms with E-state index in [4.69, 9.17) is 18.9 Å². The molecule has 1 aliphatic heterocycles. The zero-order valence-electron chi connectivity index (χ0n) is 24.9. The second-order valence-electron chi connectivity index (χ2n) is 10.8. The Bertz CT molecular complexity index is 1500. The molecule has 43 heavy (non-hydrogen) atoms. The number of hydrogen-bond acceptors (Lipinski definition) is 8. The minimum absolute atomic E-state index is 0.0381. The molecule has 2 N–H and O–H groups in total. The van der Waals surface area contributed by atoms with Crippen molar-refractivity contribution in [2.24, 2.45) is 0 Å². The summed E-state index contributed by atoms with van der Waals surface area (Å²) in [6, 6.07) is 6.17. The predicted octanol–water partition coefficient (Wildman–Crippen LogP) is 6.60. The van der Waals surface area contributed by atoms with Gasteiger partial charge in [0.05, 0.1) is 49.2 Å². The molecule has 1 atom stereocenters. The summed E-state index contributed by atoms with van der Waals surface area (Å²) in [6.07, 6.45) is 6.23. The van der Waals surface area contributed by atoms with Crippen molar-refractivity contribution in [1.82, 2.24) is 14.9 Å². The molecule has 1 aliphatic rings. The van der Waals surface area contributed by atoms with E-state index >= 15 is 0 Å². The summed E-state index contributed by atoms with van der Waals surface area (Å²) in [4.78, 5) is 36.1. The van der Waals surface area contributed by atoms with Crippen molar-refractivity contribution >= 4 is 23.4 Å². The van der Waals surface area contributed by atoms with E-state index in [1.807, 2.05) is 0 Å². The van der Waals surface area contributed by atoms with Crippen molar-refractivity contribution < 1.29 is 32.9 Å². The number of anilines is 2. The number of hydrogen-bond donors (Lipinski definition) is 2. The van der Waals surface area contributed by atoms with Crippen LogP contribution in [0, 0.1) is 5.82 Å². The largest absolute Gasteiger partial charge is 0.492 e. The molecule has 0 spiro atoms. The quantitative estimate of drug-likeness (QED) is 0.179. The number of benzene rings is 1. The van der Waals surface area contributed by atoms with Crippen LogP contribution < -0.4 is 14.8 Å². The van der Waals surface area contributed by atoms with Gasteiger partial charge in [-0.05, 0) is 45.4 Å². The summed E-state index contributed by atoms with van der Waals surface area (Å²) < 4.78 is 37.1. The van der Waals surface area contributed by atoms with Crippen LogP contribution in [0.2, 0.25) is 0 Å². The van der Waals surface area contributed by atoms with Crippen molar-refractivity contribution in [3.63, 3.8) is 0 Å². The lowest BCUT2D eigenvalue weighted by Crippen LogP contribution is -2.46. The molecule has 2 aromatic heterocycles. The Kier molecular flexibility index (Phi) is 9.87. The number of fused-ring (bicyclic) bond motifs is 1. The number of imide groups is 1. The van der Waals surface area contributed by atoms with E-state index in [-0.39, 0.29) is 36.1 Å². The predicted molar refractivity (Wildman–Crippen MR) is 162 cm³/mol. The van der Waals surface area contributed by atoms with Gasteiger partial charge in [-0.25, -0.2) is 14.1 Å². The minimum Gasteiger partial charge on any atom is -0.492 e. The molecule has 0 saturated heterocycles. The SMILES string of the molecule is C=CCOCCOc1cnccc1-c1[nH]c2c(c1Nc1cccc(F)c1OC)C(=O)N(C(=O)OC(C)(C)C)CC2CC=C. The third-order valence-electron chi connectivity index (χ3n) is 6.57. The summed E-state index contributed by atoms with van der Waals surface area (Å²) in [6.45, 7) is 13.7. The number of methoxy groups -OCH3 is 1. The number of amides is 2. The highest BCUT2D eigenvalue weighted by Gasteiger charge is 2.41. The number of aromatic nitrogens is 2. The first-order valence-corrected chi connectivity index (χ1v) is 13.9. The normalized spacial score (nSPS) is 14.6. The molecule has 0 fully saturated rings. The van der Waals surface area contributed by atoms with Crippen molar-refractivity contribution in [2.45, 2.75) is 38.7 Å². The highest BCUT2D eigenvalue weighted by atomic mass is 19.1. The fourth-order valence-electron chi connectivity index (χ4n) is 4.80. The van der Waals surface area contributed by atoms with E-state index in [0.717, 1.165) is 4.90 Å². The summed E-state index contributed by atoms with van der Waals surface area (Å²) in [5, 5.41) is 3.22. The molecule has 0 radical (unpaired) electrons. The molecule has 1 unspecified atom stereocenters. The van der Waals surface area contributed by atoms with E-state index in [9.17, 15) is 14.0 Å². The average Bonchev–Trinajstić information content (AvgIpc) is 3.33. The first-order valence-electron chi connectivity index (χ1n) is 13.9. The van der Waals surface area contributed by atoms with E-state index in [0.29, 0.717) is 48.0 Å². The van der Waals surface area contributed by atoms with Crippen molar-refractivity contribution in [3.05, 3.63) is 79.0 Å². The number of pyridine rings is 1. The van der Waals surface area contributed by atoms with Crippen LogP contribution in [0.5, 0.6) is 11.5 Å². The van der Waals surface area contributed by atoms with E-state index in [1.54, 1.807) is 57.4 Å². The Morgan fingerprint density at radius 2 is 2.02 bits per heavy atom. The number of H-pyrrole nitrogens is 1. The Balaban J connectivity index is 1.89. The highest BCUT2D eigenvalue weighted by molar-refractivity contribution is 6.11. The number of nitrogens with one attached hydrogen (secondary N) is 2. The first-order chi connectivity index (χ1) is 20.6. The third-order valence-corrected chi connectivity index (χ3v) is 6.57. The number of aromatic amines is 1. The lowest BCUT2D eigenvalue weighted by molar-refractivity contribution is 0.0218. The van der Waals surface area contributed by atoms with Crippen molar-refractivity contribution in [3.8, 4) is 22.8 Å². The zero-order valence-corrected chi connectivity index (χ0v) is 24.9. The molecule has 228 valence electrons. The van der Waals surface area contributed by atoms with Gasteiger partial charge in [0.15, 0.2) is 11.6 Å². The number of nitrogens with zero attached hydrogens (tertiary/aromatic N) is 2. The fourth-order valence-corrected chi connectivity index (χ4v) is 4.80. The molecule has 2 amide bonds. The number of allylic oxidation sites excluding steroid dienone is 1. The van der Waals surface area contributed by atoms with Gasteiger partial charge in [0.25, 0.3) is 5.91 Å². The van der Waals surface area contributed by atoms with Crippen LogP contribution in [0.15, 0.2) is 62.0 Å². The van der Waals surface area contributed by atoms with Crippen LogP contribution in [-0.4, -0.2) is 65.9 Å².